The van der Waals surface area contributed by atoms with Crippen LogP contribution in [-0.4, -0.2) is 42.0 Å². The number of rotatable bonds is 2. The third-order valence-corrected chi connectivity index (χ3v) is 6.80. The van der Waals surface area contributed by atoms with E-state index in [9.17, 15) is 4.79 Å². The number of aromatic nitrogens is 1. The number of fused-ring (bicyclic) bond motifs is 2. The molecule has 0 radical (unpaired) electrons. The number of pyridine rings is 1. The number of aryl methyl sites for hydroxylation is 2. The molecule has 2 atom stereocenters. The van der Waals surface area contributed by atoms with Crippen LogP contribution in [0.1, 0.15) is 58.8 Å². The number of amides is 1. The standard InChI is InChI=1S/C23H29N3O.2ClH/c1-14-9-15(2)22-19(10-14)20(11-21(25-22)16-3-4-16)23(27)26-7-5-17-12-24-13-18(17)6-8-26;;/h9-11,16-18,24H,3-8,12-13H2,1-2H3;2*1H/t17-,18+;;. The fraction of sp³-hybridized carbons (Fsp3) is 0.565. The minimum absolute atomic E-state index is 0. The van der Waals surface area contributed by atoms with E-state index >= 15 is 0 Å². The minimum atomic E-state index is 0. The molecule has 1 N–H and O–H groups in total. The van der Waals surface area contributed by atoms with Gasteiger partial charge in [0, 0.05) is 30.1 Å². The largest absolute Gasteiger partial charge is 0.339 e. The third-order valence-electron chi connectivity index (χ3n) is 6.80. The van der Waals surface area contributed by atoms with Crippen LogP contribution in [0.15, 0.2) is 18.2 Å². The van der Waals surface area contributed by atoms with Gasteiger partial charge in [0.2, 0.25) is 0 Å². The van der Waals surface area contributed by atoms with E-state index in [0.29, 0.717) is 5.92 Å². The summed E-state index contributed by atoms with van der Waals surface area (Å²) in [7, 11) is 0. The molecule has 3 heterocycles. The molecule has 4 nitrogen and oxygen atoms in total. The van der Waals surface area contributed by atoms with Gasteiger partial charge in [-0.1, -0.05) is 11.6 Å². The van der Waals surface area contributed by atoms with E-state index in [2.05, 4.69) is 42.3 Å². The molecule has 2 saturated heterocycles. The van der Waals surface area contributed by atoms with Crippen molar-refractivity contribution in [2.24, 2.45) is 11.8 Å². The Morgan fingerprint density at radius 3 is 2.28 bits per heavy atom. The Hall–Kier alpha value is -1.36. The number of hydrogen-bond donors (Lipinski definition) is 1. The van der Waals surface area contributed by atoms with E-state index in [1.54, 1.807) is 0 Å². The first-order valence-electron chi connectivity index (χ1n) is 10.5. The number of carbonyl (C=O) groups excluding carboxylic acids is 1. The zero-order chi connectivity index (χ0) is 18.5. The van der Waals surface area contributed by atoms with Gasteiger partial charge in [-0.2, -0.15) is 0 Å². The van der Waals surface area contributed by atoms with Crippen LogP contribution in [-0.2, 0) is 0 Å². The van der Waals surface area contributed by atoms with E-state index in [-0.39, 0.29) is 30.7 Å². The molecule has 0 spiro atoms. The van der Waals surface area contributed by atoms with Crippen molar-refractivity contribution in [2.45, 2.75) is 45.4 Å². The van der Waals surface area contributed by atoms with Gasteiger partial charge >= 0.3 is 0 Å². The second-order valence-corrected chi connectivity index (χ2v) is 8.89. The van der Waals surface area contributed by atoms with E-state index < -0.39 is 0 Å². The molecule has 1 aromatic heterocycles. The zero-order valence-electron chi connectivity index (χ0n) is 17.2. The maximum Gasteiger partial charge on any atom is 0.254 e. The lowest BCUT2D eigenvalue weighted by Crippen LogP contribution is -2.33. The van der Waals surface area contributed by atoms with Crippen molar-refractivity contribution in [3.8, 4) is 0 Å². The lowest BCUT2D eigenvalue weighted by Gasteiger charge is -2.22. The Morgan fingerprint density at radius 1 is 1.00 bits per heavy atom. The van der Waals surface area contributed by atoms with Crippen LogP contribution in [0.25, 0.3) is 10.9 Å². The van der Waals surface area contributed by atoms with Crippen molar-refractivity contribution in [2.75, 3.05) is 26.2 Å². The predicted molar refractivity (Wildman–Crippen MR) is 123 cm³/mol. The number of nitrogens with zero attached hydrogens (tertiary/aromatic N) is 2. The summed E-state index contributed by atoms with van der Waals surface area (Å²) in [6.45, 7) is 8.23. The van der Waals surface area contributed by atoms with Crippen molar-refractivity contribution < 1.29 is 4.79 Å². The Morgan fingerprint density at radius 2 is 1.66 bits per heavy atom. The van der Waals surface area contributed by atoms with Gasteiger partial charge in [-0.05, 0) is 82.2 Å². The van der Waals surface area contributed by atoms with Crippen molar-refractivity contribution >= 4 is 41.6 Å². The quantitative estimate of drug-likeness (QED) is 0.746. The Balaban J connectivity index is 0.00000120. The van der Waals surface area contributed by atoms with Crippen molar-refractivity contribution in [1.82, 2.24) is 15.2 Å². The molecule has 1 saturated carbocycles. The lowest BCUT2D eigenvalue weighted by molar-refractivity contribution is 0.0760. The number of hydrogen-bond acceptors (Lipinski definition) is 3. The maximum atomic E-state index is 13.6. The van der Waals surface area contributed by atoms with Crippen LogP contribution in [0.3, 0.4) is 0 Å². The van der Waals surface area contributed by atoms with Crippen LogP contribution in [0.5, 0.6) is 0 Å². The van der Waals surface area contributed by atoms with Gasteiger partial charge in [0.15, 0.2) is 0 Å². The highest BCUT2D eigenvalue weighted by Crippen LogP contribution is 2.41. The molecule has 2 aliphatic heterocycles. The fourth-order valence-electron chi connectivity index (χ4n) is 5.06. The number of likely N-dealkylation sites (tertiary alicyclic amines) is 1. The third kappa shape index (κ3) is 4.26. The summed E-state index contributed by atoms with van der Waals surface area (Å²) in [5.74, 6) is 2.24. The van der Waals surface area contributed by atoms with Gasteiger partial charge in [0.05, 0.1) is 11.1 Å². The van der Waals surface area contributed by atoms with E-state index in [1.807, 2.05) is 0 Å². The first kappa shape index (κ1) is 22.3. The van der Waals surface area contributed by atoms with Crippen LogP contribution < -0.4 is 5.32 Å². The van der Waals surface area contributed by atoms with Crippen LogP contribution in [0.4, 0.5) is 0 Å². The van der Waals surface area contributed by atoms with Gasteiger partial charge in [-0.25, -0.2) is 0 Å². The summed E-state index contributed by atoms with van der Waals surface area (Å²) in [6.07, 6.45) is 4.66. The van der Waals surface area contributed by atoms with E-state index in [4.69, 9.17) is 4.98 Å². The van der Waals surface area contributed by atoms with Crippen LogP contribution in [0, 0.1) is 25.7 Å². The molecule has 6 heteroatoms. The molecular formula is C23H31Cl2N3O. The second kappa shape index (κ2) is 8.79. The summed E-state index contributed by atoms with van der Waals surface area (Å²) in [5, 5.41) is 4.55. The Kier molecular flexibility index (Phi) is 6.77. The molecule has 5 rings (SSSR count). The topological polar surface area (TPSA) is 45.2 Å². The predicted octanol–water partition coefficient (Wildman–Crippen LogP) is 4.64. The number of halogens is 2. The molecule has 158 valence electrons. The molecule has 0 unspecified atom stereocenters. The monoisotopic (exact) mass is 435 g/mol. The molecule has 3 fully saturated rings. The SMILES string of the molecule is Cc1cc(C)c2nc(C3CC3)cc(C(=O)N3CC[C@@H]4CNC[C@@H]4CC3)c2c1.Cl.Cl. The molecule has 1 amide bonds. The van der Waals surface area contributed by atoms with Crippen molar-refractivity contribution in [3.63, 3.8) is 0 Å². The summed E-state index contributed by atoms with van der Waals surface area (Å²) in [5.41, 5.74) is 5.39. The van der Waals surface area contributed by atoms with Crippen molar-refractivity contribution in [1.29, 1.82) is 0 Å². The Labute approximate surface area is 185 Å². The van der Waals surface area contributed by atoms with Gasteiger partial charge in [-0.15, -0.1) is 24.8 Å². The van der Waals surface area contributed by atoms with Gasteiger partial charge in [0.1, 0.15) is 0 Å². The molecule has 29 heavy (non-hydrogen) atoms. The average Bonchev–Trinajstić information content (AvgIpc) is 3.44. The smallest absolute Gasteiger partial charge is 0.254 e. The molecule has 2 aromatic rings. The molecule has 0 bridgehead atoms. The van der Waals surface area contributed by atoms with Gasteiger partial charge in [-0.3, -0.25) is 9.78 Å². The van der Waals surface area contributed by atoms with Gasteiger partial charge < -0.3 is 10.2 Å². The van der Waals surface area contributed by atoms with E-state index in [1.165, 1.54) is 24.0 Å². The summed E-state index contributed by atoms with van der Waals surface area (Å²) < 4.78 is 0. The summed E-state index contributed by atoms with van der Waals surface area (Å²) in [6, 6.07) is 6.44. The minimum Gasteiger partial charge on any atom is -0.339 e. The average molecular weight is 436 g/mol. The zero-order valence-corrected chi connectivity index (χ0v) is 18.9. The highest BCUT2D eigenvalue weighted by molar-refractivity contribution is 6.07. The van der Waals surface area contributed by atoms with Crippen molar-refractivity contribution in [3.05, 3.63) is 40.6 Å². The van der Waals surface area contributed by atoms with E-state index in [0.717, 1.165) is 73.0 Å². The highest BCUT2D eigenvalue weighted by Gasteiger charge is 2.33. The first-order valence-corrected chi connectivity index (χ1v) is 10.5. The normalized spacial score (nSPS) is 23.7. The second-order valence-electron chi connectivity index (χ2n) is 8.89. The number of nitrogens with one attached hydrogen (secondary N) is 1. The highest BCUT2D eigenvalue weighted by atomic mass is 35.5. The van der Waals surface area contributed by atoms with Crippen LogP contribution >= 0.6 is 24.8 Å². The first-order chi connectivity index (χ1) is 13.1. The lowest BCUT2D eigenvalue weighted by atomic mass is 9.92. The Bertz CT molecular complexity index is 899. The summed E-state index contributed by atoms with van der Waals surface area (Å²) >= 11 is 0. The summed E-state index contributed by atoms with van der Waals surface area (Å²) in [4.78, 5) is 20.7. The molecule has 3 aliphatic rings. The maximum absolute atomic E-state index is 13.6. The number of carbonyl (C=O) groups is 1. The number of benzene rings is 1. The van der Waals surface area contributed by atoms with Crippen LogP contribution in [0.2, 0.25) is 0 Å². The molecule has 1 aliphatic carbocycles. The molecule has 1 aromatic carbocycles. The fourth-order valence-corrected chi connectivity index (χ4v) is 5.06. The molecular weight excluding hydrogens is 405 g/mol. The van der Waals surface area contributed by atoms with Gasteiger partial charge in [0.25, 0.3) is 5.91 Å².